The molecule has 0 aliphatic rings. The zero-order valence-electron chi connectivity index (χ0n) is 16.3. The fourth-order valence-electron chi connectivity index (χ4n) is 2.68. The average molecular weight is 368 g/mol. The van der Waals surface area contributed by atoms with Crippen LogP contribution in [0, 0.1) is 0 Å². The highest BCUT2D eigenvalue weighted by Gasteiger charge is 2.14. The third-order valence-electron chi connectivity index (χ3n) is 4.16. The van der Waals surface area contributed by atoms with E-state index in [1.54, 1.807) is 50.5 Å². The largest absolute Gasteiger partial charge is 0.493 e. The van der Waals surface area contributed by atoms with Crippen molar-refractivity contribution in [2.24, 2.45) is 0 Å². The Bertz CT molecular complexity index is 772. The van der Waals surface area contributed by atoms with E-state index in [0.717, 1.165) is 12.8 Å². The minimum Gasteiger partial charge on any atom is -0.493 e. The van der Waals surface area contributed by atoms with Gasteiger partial charge in [0.1, 0.15) is 5.75 Å². The Morgan fingerprint density at radius 2 is 1.78 bits per heavy atom. The summed E-state index contributed by atoms with van der Waals surface area (Å²) in [7, 11) is 3.39. The molecule has 0 radical (unpaired) electrons. The number of hydrogen-bond donors (Lipinski definition) is 1. The van der Waals surface area contributed by atoms with Gasteiger partial charge in [-0.3, -0.25) is 9.59 Å². The lowest BCUT2D eigenvalue weighted by Gasteiger charge is -2.13. The molecule has 5 heteroatoms. The summed E-state index contributed by atoms with van der Waals surface area (Å²) in [4.78, 5) is 26.3. The van der Waals surface area contributed by atoms with Gasteiger partial charge in [0.15, 0.2) is 0 Å². The van der Waals surface area contributed by atoms with Gasteiger partial charge in [0.05, 0.1) is 12.2 Å². The highest BCUT2D eigenvalue weighted by molar-refractivity contribution is 6.06. The molecule has 0 saturated heterocycles. The fraction of sp³-hybridized carbons (Fsp3) is 0.364. The molecule has 2 amide bonds. The maximum Gasteiger partial charge on any atom is 0.259 e. The minimum atomic E-state index is -0.256. The molecule has 0 fully saturated rings. The van der Waals surface area contributed by atoms with Crippen LogP contribution in [0.25, 0.3) is 0 Å². The molecule has 5 nitrogen and oxygen atoms in total. The molecule has 0 atom stereocenters. The summed E-state index contributed by atoms with van der Waals surface area (Å²) in [5.74, 6) is 0.211. The van der Waals surface area contributed by atoms with Gasteiger partial charge in [-0.1, -0.05) is 44.4 Å². The summed E-state index contributed by atoms with van der Waals surface area (Å²) < 4.78 is 5.81. The van der Waals surface area contributed by atoms with E-state index >= 15 is 0 Å². The van der Waals surface area contributed by atoms with Crippen molar-refractivity contribution in [3.8, 4) is 5.75 Å². The van der Waals surface area contributed by atoms with Gasteiger partial charge in [0.2, 0.25) is 0 Å². The van der Waals surface area contributed by atoms with Crippen molar-refractivity contribution in [3.63, 3.8) is 0 Å². The number of carbonyl (C=O) groups excluding carboxylic acids is 2. The van der Waals surface area contributed by atoms with Crippen molar-refractivity contribution in [1.29, 1.82) is 0 Å². The molecule has 0 aliphatic heterocycles. The van der Waals surface area contributed by atoms with Gasteiger partial charge in [-0.25, -0.2) is 0 Å². The maximum atomic E-state index is 12.7. The number of para-hydroxylation sites is 1. The van der Waals surface area contributed by atoms with E-state index in [4.69, 9.17) is 4.74 Å². The van der Waals surface area contributed by atoms with Crippen LogP contribution in [0.3, 0.4) is 0 Å². The van der Waals surface area contributed by atoms with Crippen LogP contribution < -0.4 is 10.1 Å². The lowest BCUT2D eigenvalue weighted by molar-refractivity contribution is 0.0827. The van der Waals surface area contributed by atoms with Crippen molar-refractivity contribution in [1.82, 2.24) is 4.90 Å². The summed E-state index contributed by atoms with van der Waals surface area (Å²) in [5.41, 5.74) is 1.58. The van der Waals surface area contributed by atoms with Crippen LogP contribution in [0.4, 0.5) is 5.69 Å². The van der Waals surface area contributed by atoms with Gasteiger partial charge in [-0.05, 0) is 36.8 Å². The zero-order valence-corrected chi connectivity index (χ0v) is 16.3. The molecule has 0 unspecified atom stereocenters. The van der Waals surface area contributed by atoms with Gasteiger partial charge >= 0.3 is 0 Å². The molecule has 0 aromatic heterocycles. The number of anilines is 1. The molecule has 2 aromatic rings. The minimum absolute atomic E-state index is 0.109. The van der Waals surface area contributed by atoms with E-state index in [9.17, 15) is 9.59 Å². The monoisotopic (exact) mass is 368 g/mol. The smallest absolute Gasteiger partial charge is 0.259 e. The van der Waals surface area contributed by atoms with Crippen molar-refractivity contribution in [2.45, 2.75) is 32.6 Å². The topological polar surface area (TPSA) is 58.6 Å². The second kappa shape index (κ2) is 10.4. The van der Waals surface area contributed by atoms with E-state index in [2.05, 4.69) is 12.2 Å². The fourth-order valence-corrected chi connectivity index (χ4v) is 2.68. The summed E-state index contributed by atoms with van der Waals surface area (Å²) in [6.45, 7) is 2.76. The van der Waals surface area contributed by atoms with Crippen molar-refractivity contribution in [2.75, 3.05) is 26.0 Å². The Morgan fingerprint density at radius 3 is 2.52 bits per heavy atom. The van der Waals surface area contributed by atoms with Gasteiger partial charge in [-0.15, -0.1) is 0 Å². The molecule has 144 valence electrons. The lowest BCUT2D eigenvalue weighted by Crippen LogP contribution is -2.22. The first kappa shape index (κ1) is 20.5. The third kappa shape index (κ3) is 6.13. The van der Waals surface area contributed by atoms with Crippen LogP contribution in [0.1, 0.15) is 53.3 Å². The number of benzene rings is 2. The number of amides is 2. The molecule has 2 aromatic carbocycles. The maximum absolute atomic E-state index is 12.7. The quantitative estimate of drug-likeness (QED) is 0.658. The number of ether oxygens (including phenoxy) is 1. The Kier molecular flexibility index (Phi) is 7.86. The number of rotatable bonds is 9. The number of carbonyl (C=O) groups is 2. The molecule has 0 heterocycles. The Hall–Kier alpha value is -2.82. The second-order valence-corrected chi connectivity index (χ2v) is 6.64. The molecule has 2 rings (SSSR count). The number of nitrogens with one attached hydrogen (secondary N) is 1. The van der Waals surface area contributed by atoms with E-state index < -0.39 is 0 Å². The average Bonchev–Trinajstić information content (AvgIpc) is 2.67. The van der Waals surface area contributed by atoms with Gasteiger partial charge in [0.25, 0.3) is 11.8 Å². The first-order valence-electron chi connectivity index (χ1n) is 9.37. The summed E-state index contributed by atoms with van der Waals surface area (Å²) in [5, 5.41) is 2.85. The van der Waals surface area contributed by atoms with Crippen LogP contribution in [-0.2, 0) is 0 Å². The van der Waals surface area contributed by atoms with Crippen molar-refractivity contribution in [3.05, 3.63) is 59.7 Å². The van der Waals surface area contributed by atoms with Crippen LogP contribution >= 0.6 is 0 Å². The molecule has 1 N–H and O–H groups in total. The first-order chi connectivity index (χ1) is 13.0. The summed E-state index contributed by atoms with van der Waals surface area (Å²) >= 11 is 0. The number of nitrogens with zero attached hydrogens (tertiary/aromatic N) is 1. The Balaban J connectivity index is 2.06. The third-order valence-corrected chi connectivity index (χ3v) is 4.16. The van der Waals surface area contributed by atoms with Crippen molar-refractivity contribution >= 4 is 17.5 Å². The Labute approximate surface area is 161 Å². The number of unbranched alkanes of at least 4 members (excludes halogenated alkanes) is 3. The predicted octanol–water partition coefficient (Wildman–Crippen LogP) is 4.60. The molecule has 0 saturated carbocycles. The SMILES string of the molecule is CCCCCCOc1ccccc1C(=O)Nc1cccc(C(=O)N(C)C)c1. The normalized spacial score (nSPS) is 10.3. The highest BCUT2D eigenvalue weighted by Crippen LogP contribution is 2.21. The number of hydrogen-bond acceptors (Lipinski definition) is 3. The molecular formula is C22H28N2O3. The highest BCUT2D eigenvalue weighted by atomic mass is 16.5. The molecular weight excluding hydrogens is 340 g/mol. The standard InChI is InChI=1S/C22H28N2O3/c1-4-5-6-9-15-27-20-14-8-7-13-19(20)21(25)23-18-12-10-11-17(16-18)22(26)24(2)3/h7-8,10-14,16H,4-6,9,15H2,1-3H3,(H,23,25). The van der Waals surface area contributed by atoms with Crippen molar-refractivity contribution < 1.29 is 14.3 Å². The van der Waals surface area contributed by atoms with E-state index in [0.29, 0.717) is 29.2 Å². The van der Waals surface area contributed by atoms with E-state index in [-0.39, 0.29) is 11.8 Å². The molecule has 0 spiro atoms. The van der Waals surface area contributed by atoms with E-state index in [1.807, 2.05) is 12.1 Å². The van der Waals surface area contributed by atoms with Gasteiger partial charge < -0.3 is 15.0 Å². The first-order valence-corrected chi connectivity index (χ1v) is 9.37. The molecule has 27 heavy (non-hydrogen) atoms. The summed E-state index contributed by atoms with van der Waals surface area (Å²) in [6, 6.07) is 14.1. The Morgan fingerprint density at radius 1 is 1.00 bits per heavy atom. The molecule has 0 bridgehead atoms. The van der Waals surface area contributed by atoms with Crippen LogP contribution in [0.15, 0.2) is 48.5 Å². The van der Waals surface area contributed by atoms with Crippen LogP contribution in [0.5, 0.6) is 5.75 Å². The van der Waals surface area contributed by atoms with Crippen LogP contribution in [0.2, 0.25) is 0 Å². The lowest BCUT2D eigenvalue weighted by atomic mass is 10.1. The summed E-state index contributed by atoms with van der Waals surface area (Å²) in [6.07, 6.45) is 4.46. The van der Waals surface area contributed by atoms with Gasteiger partial charge in [-0.2, -0.15) is 0 Å². The zero-order chi connectivity index (χ0) is 19.6. The van der Waals surface area contributed by atoms with Crippen LogP contribution in [-0.4, -0.2) is 37.4 Å². The van der Waals surface area contributed by atoms with E-state index in [1.165, 1.54) is 17.7 Å². The molecule has 0 aliphatic carbocycles. The van der Waals surface area contributed by atoms with Gasteiger partial charge in [0, 0.05) is 25.3 Å². The predicted molar refractivity (Wildman–Crippen MR) is 108 cm³/mol. The second-order valence-electron chi connectivity index (χ2n) is 6.64.